The van der Waals surface area contributed by atoms with Crippen LogP contribution in [0.4, 0.5) is 5.69 Å². The van der Waals surface area contributed by atoms with E-state index in [1.54, 1.807) is 25.4 Å². The average Bonchev–Trinajstić information content (AvgIpc) is 2.63. The number of benzene rings is 2. The summed E-state index contributed by atoms with van der Waals surface area (Å²) in [6.45, 7) is 1.94. The zero-order valence-corrected chi connectivity index (χ0v) is 13.8. The highest BCUT2D eigenvalue weighted by Crippen LogP contribution is 2.38. The molecule has 0 saturated heterocycles. The Balaban J connectivity index is 2.07. The normalized spacial score (nSPS) is 11.0. The smallest absolute Gasteiger partial charge is 0.279 e. The number of nitro groups is 1. The van der Waals surface area contributed by atoms with Crippen LogP contribution in [0.15, 0.2) is 54.9 Å². The van der Waals surface area contributed by atoms with Gasteiger partial charge in [-0.25, -0.2) is 0 Å². The van der Waals surface area contributed by atoms with Crippen LogP contribution in [0.2, 0.25) is 0 Å². The quantitative estimate of drug-likeness (QED) is 0.485. The van der Waals surface area contributed by atoms with E-state index in [2.05, 4.69) is 4.98 Å². The Hall–Kier alpha value is -3.41. The van der Waals surface area contributed by atoms with Crippen LogP contribution in [0.5, 0.6) is 17.2 Å². The maximum Gasteiger partial charge on any atom is 0.279 e. The Labute approximate surface area is 144 Å². The standard InChI is InChI=1S/C19H16N2O4/c1-3-4-13-5-7-18(19(11-13)24-2)25-17-8-6-16(21(22)23)15-12-20-10-9-14(15)17/h3-12H,1-2H3. The molecule has 0 fully saturated rings. The molecule has 0 N–H and O–H groups in total. The second-order valence-electron chi connectivity index (χ2n) is 5.27. The first kappa shape index (κ1) is 16.4. The molecule has 0 saturated carbocycles. The minimum absolute atomic E-state index is 0.00848. The number of hydrogen-bond donors (Lipinski definition) is 0. The highest BCUT2D eigenvalue weighted by Gasteiger charge is 2.16. The van der Waals surface area contributed by atoms with Gasteiger partial charge in [0.1, 0.15) is 5.75 Å². The average molecular weight is 336 g/mol. The van der Waals surface area contributed by atoms with Crippen LogP contribution >= 0.6 is 0 Å². The Morgan fingerprint density at radius 2 is 1.88 bits per heavy atom. The molecule has 2 aromatic carbocycles. The number of fused-ring (bicyclic) bond motifs is 1. The number of nitrogens with zero attached hydrogens (tertiary/aromatic N) is 2. The van der Waals surface area contributed by atoms with Gasteiger partial charge in [0.15, 0.2) is 11.5 Å². The van der Waals surface area contributed by atoms with Crippen molar-refractivity contribution in [2.24, 2.45) is 0 Å². The topological polar surface area (TPSA) is 74.5 Å². The Morgan fingerprint density at radius 3 is 2.60 bits per heavy atom. The fourth-order valence-electron chi connectivity index (χ4n) is 2.58. The molecule has 25 heavy (non-hydrogen) atoms. The van der Waals surface area contributed by atoms with Crippen molar-refractivity contribution in [2.45, 2.75) is 6.92 Å². The molecule has 0 aliphatic heterocycles. The molecule has 0 aliphatic rings. The molecule has 0 unspecified atom stereocenters. The molecule has 0 bridgehead atoms. The zero-order valence-electron chi connectivity index (χ0n) is 13.8. The molecule has 6 heteroatoms. The van der Waals surface area contributed by atoms with Gasteiger partial charge in [0.05, 0.1) is 17.4 Å². The molecule has 0 aliphatic carbocycles. The van der Waals surface area contributed by atoms with Crippen molar-refractivity contribution >= 4 is 22.5 Å². The number of non-ortho nitro benzene ring substituents is 1. The summed E-state index contributed by atoms with van der Waals surface area (Å²) in [6.07, 6.45) is 6.93. The van der Waals surface area contributed by atoms with E-state index in [4.69, 9.17) is 9.47 Å². The predicted octanol–water partition coefficient (Wildman–Crippen LogP) is 4.98. The first-order valence-electron chi connectivity index (χ1n) is 7.63. The molecular formula is C19H16N2O4. The molecule has 0 atom stereocenters. The van der Waals surface area contributed by atoms with Crippen molar-refractivity contribution in [1.82, 2.24) is 4.98 Å². The number of hydrogen-bond acceptors (Lipinski definition) is 5. The Kier molecular flexibility index (Phi) is 4.61. The third-order valence-electron chi connectivity index (χ3n) is 3.72. The van der Waals surface area contributed by atoms with E-state index in [9.17, 15) is 10.1 Å². The van der Waals surface area contributed by atoms with Gasteiger partial charge in [-0.2, -0.15) is 0 Å². The predicted molar refractivity (Wildman–Crippen MR) is 96.2 cm³/mol. The monoisotopic (exact) mass is 336 g/mol. The van der Waals surface area contributed by atoms with Gasteiger partial charge < -0.3 is 9.47 Å². The summed E-state index contributed by atoms with van der Waals surface area (Å²) in [5, 5.41) is 12.2. The molecule has 1 aromatic heterocycles. The molecule has 0 radical (unpaired) electrons. The van der Waals surface area contributed by atoms with Crippen LogP contribution in [0.3, 0.4) is 0 Å². The summed E-state index contributed by atoms with van der Waals surface area (Å²) in [5.41, 5.74) is 0.982. The van der Waals surface area contributed by atoms with E-state index < -0.39 is 4.92 Å². The number of allylic oxidation sites excluding steroid dienone is 1. The van der Waals surface area contributed by atoms with Gasteiger partial charge in [-0.1, -0.05) is 18.2 Å². The lowest BCUT2D eigenvalue weighted by molar-refractivity contribution is -0.383. The van der Waals surface area contributed by atoms with Crippen molar-refractivity contribution in [3.8, 4) is 17.2 Å². The van der Waals surface area contributed by atoms with Gasteiger partial charge in [0, 0.05) is 23.8 Å². The fourth-order valence-corrected chi connectivity index (χ4v) is 2.58. The van der Waals surface area contributed by atoms with Crippen LogP contribution in [-0.2, 0) is 0 Å². The van der Waals surface area contributed by atoms with Gasteiger partial charge in [-0.05, 0) is 36.8 Å². The Morgan fingerprint density at radius 1 is 1.08 bits per heavy atom. The maximum absolute atomic E-state index is 11.2. The van der Waals surface area contributed by atoms with E-state index in [1.165, 1.54) is 12.3 Å². The molecular weight excluding hydrogens is 320 g/mol. The number of nitro benzene ring substituents is 1. The highest BCUT2D eigenvalue weighted by molar-refractivity contribution is 5.94. The second-order valence-corrected chi connectivity index (χ2v) is 5.27. The molecule has 6 nitrogen and oxygen atoms in total. The van der Waals surface area contributed by atoms with E-state index in [1.807, 2.05) is 37.3 Å². The van der Waals surface area contributed by atoms with Gasteiger partial charge >= 0.3 is 0 Å². The van der Waals surface area contributed by atoms with Crippen molar-refractivity contribution in [2.75, 3.05) is 7.11 Å². The number of ether oxygens (including phenoxy) is 2. The number of methoxy groups -OCH3 is 1. The highest BCUT2D eigenvalue weighted by atomic mass is 16.6. The largest absolute Gasteiger partial charge is 0.493 e. The minimum atomic E-state index is -0.430. The maximum atomic E-state index is 11.2. The first-order chi connectivity index (χ1) is 12.1. The van der Waals surface area contributed by atoms with E-state index in [0.717, 1.165) is 5.56 Å². The molecule has 0 amide bonds. The minimum Gasteiger partial charge on any atom is -0.493 e. The Bertz CT molecular complexity index is 967. The van der Waals surface area contributed by atoms with Crippen LogP contribution in [0, 0.1) is 10.1 Å². The summed E-state index contributed by atoms with van der Waals surface area (Å²) >= 11 is 0. The van der Waals surface area contributed by atoms with Crippen LogP contribution < -0.4 is 9.47 Å². The SMILES string of the molecule is CC=Cc1ccc(Oc2ccc([N+](=O)[O-])c3cnccc23)c(OC)c1. The van der Waals surface area contributed by atoms with Crippen molar-refractivity contribution in [1.29, 1.82) is 0 Å². The molecule has 126 valence electrons. The zero-order chi connectivity index (χ0) is 17.8. The van der Waals surface area contributed by atoms with Crippen molar-refractivity contribution in [3.05, 3.63) is 70.5 Å². The van der Waals surface area contributed by atoms with Crippen LogP contribution in [0.1, 0.15) is 12.5 Å². The molecule has 3 aromatic rings. The lowest BCUT2D eigenvalue weighted by Crippen LogP contribution is -1.94. The third kappa shape index (κ3) is 3.28. The molecule has 0 spiro atoms. The summed E-state index contributed by atoms with van der Waals surface area (Å²) in [5.74, 6) is 1.61. The first-order valence-corrected chi connectivity index (χ1v) is 7.63. The van der Waals surface area contributed by atoms with Crippen molar-refractivity contribution in [3.63, 3.8) is 0 Å². The van der Waals surface area contributed by atoms with Crippen LogP contribution in [-0.4, -0.2) is 17.0 Å². The van der Waals surface area contributed by atoms with Gasteiger partial charge in [-0.3, -0.25) is 15.1 Å². The molecule has 1 heterocycles. The van der Waals surface area contributed by atoms with Gasteiger partial charge in [0.25, 0.3) is 5.69 Å². The fraction of sp³-hybridized carbons (Fsp3) is 0.105. The third-order valence-corrected chi connectivity index (χ3v) is 3.72. The number of rotatable bonds is 5. The second kappa shape index (κ2) is 7.00. The molecule has 3 rings (SSSR count). The number of pyridine rings is 1. The summed E-state index contributed by atoms with van der Waals surface area (Å²) in [6, 6.07) is 10.3. The summed E-state index contributed by atoms with van der Waals surface area (Å²) in [4.78, 5) is 14.7. The summed E-state index contributed by atoms with van der Waals surface area (Å²) < 4.78 is 11.4. The van der Waals surface area contributed by atoms with E-state index in [0.29, 0.717) is 28.0 Å². The van der Waals surface area contributed by atoms with Crippen molar-refractivity contribution < 1.29 is 14.4 Å². The summed E-state index contributed by atoms with van der Waals surface area (Å²) in [7, 11) is 1.57. The lowest BCUT2D eigenvalue weighted by Gasteiger charge is -2.13. The lowest BCUT2D eigenvalue weighted by atomic mass is 10.1. The van der Waals surface area contributed by atoms with Gasteiger partial charge in [-0.15, -0.1) is 0 Å². The van der Waals surface area contributed by atoms with Gasteiger partial charge in [0.2, 0.25) is 0 Å². The number of aromatic nitrogens is 1. The van der Waals surface area contributed by atoms with E-state index >= 15 is 0 Å². The van der Waals surface area contributed by atoms with Crippen LogP contribution in [0.25, 0.3) is 16.8 Å². The van der Waals surface area contributed by atoms with E-state index in [-0.39, 0.29) is 5.69 Å².